The molecule has 64 valence electrons. The van der Waals surface area contributed by atoms with E-state index in [-0.39, 0.29) is 5.75 Å². The summed E-state index contributed by atoms with van der Waals surface area (Å²) in [7, 11) is 1.54. The molecule has 0 aromatic heterocycles. The third-order valence-electron chi connectivity index (χ3n) is 1.51. The standard InChI is InChI=1S/C6H12N2O2S/c1-3-8(2)6(7,4-11)5(9)10/h3,11H,1,4,7H2,2H3,(H,9,10)/t6-/m0/s1. The van der Waals surface area contributed by atoms with Crippen LogP contribution in [0.1, 0.15) is 0 Å². The Morgan fingerprint density at radius 1 is 2.00 bits per heavy atom. The highest BCUT2D eigenvalue weighted by atomic mass is 32.1. The van der Waals surface area contributed by atoms with Crippen molar-refractivity contribution in [2.45, 2.75) is 5.66 Å². The topological polar surface area (TPSA) is 66.6 Å². The first-order valence-electron chi connectivity index (χ1n) is 2.97. The minimum Gasteiger partial charge on any atom is -0.478 e. The normalized spacial score (nSPS) is 15.2. The van der Waals surface area contributed by atoms with Gasteiger partial charge in [-0.05, 0) is 6.20 Å². The molecule has 5 heteroatoms. The van der Waals surface area contributed by atoms with Gasteiger partial charge in [-0.3, -0.25) is 5.73 Å². The second-order valence-corrected chi connectivity index (χ2v) is 2.50. The summed E-state index contributed by atoms with van der Waals surface area (Å²) < 4.78 is 0. The Balaban J connectivity index is 4.58. The summed E-state index contributed by atoms with van der Waals surface area (Å²) in [6.45, 7) is 3.41. The van der Waals surface area contributed by atoms with Crippen LogP contribution in [0.2, 0.25) is 0 Å². The number of carboxylic acids is 1. The summed E-state index contributed by atoms with van der Waals surface area (Å²) in [6.07, 6.45) is 1.35. The molecule has 0 spiro atoms. The van der Waals surface area contributed by atoms with Crippen molar-refractivity contribution >= 4 is 18.6 Å². The summed E-state index contributed by atoms with van der Waals surface area (Å²) in [5.74, 6) is -1.08. The summed E-state index contributed by atoms with van der Waals surface area (Å²) in [5, 5.41) is 8.67. The fourth-order valence-electron chi connectivity index (χ4n) is 0.493. The van der Waals surface area contributed by atoms with E-state index in [4.69, 9.17) is 10.8 Å². The van der Waals surface area contributed by atoms with Crippen molar-refractivity contribution in [2.24, 2.45) is 5.73 Å². The van der Waals surface area contributed by atoms with E-state index < -0.39 is 11.6 Å². The monoisotopic (exact) mass is 176 g/mol. The van der Waals surface area contributed by atoms with Gasteiger partial charge in [-0.2, -0.15) is 12.6 Å². The molecule has 0 unspecified atom stereocenters. The molecule has 0 amide bonds. The van der Waals surface area contributed by atoms with Crippen molar-refractivity contribution in [3.63, 3.8) is 0 Å². The van der Waals surface area contributed by atoms with Crippen molar-refractivity contribution in [3.8, 4) is 0 Å². The van der Waals surface area contributed by atoms with Crippen LogP contribution >= 0.6 is 12.6 Å². The third kappa shape index (κ3) is 1.87. The first-order chi connectivity index (χ1) is 4.99. The van der Waals surface area contributed by atoms with Crippen LogP contribution in [0.5, 0.6) is 0 Å². The maximum absolute atomic E-state index is 10.6. The summed E-state index contributed by atoms with van der Waals surface area (Å²) in [4.78, 5) is 11.9. The van der Waals surface area contributed by atoms with Crippen LogP contribution < -0.4 is 5.73 Å². The van der Waals surface area contributed by atoms with E-state index in [0.717, 1.165) is 0 Å². The molecule has 0 aliphatic carbocycles. The van der Waals surface area contributed by atoms with Crippen LogP contribution in [0.15, 0.2) is 12.8 Å². The predicted octanol–water partition coefficient (Wildman–Crippen LogP) is -0.269. The molecule has 0 saturated heterocycles. The molecule has 1 atom stereocenters. The Kier molecular flexibility index (Phi) is 3.41. The van der Waals surface area contributed by atoms with Gasteiger partial charge in [0.2, 0.25) is 0 Å². The minimum absolute atomic E-state index is 0.0326. The molecule has 0 aromatic rings. The molecular formula is C6H12N2O2S. The molecule has 0 heterocycles. The molecule has 11 heavy (non-hydrogen) atoms. The second kappa shape index (κ2) is 3.64. The zero-order valence-corrected chi connectivity index (χ0v) is 7.21. The largest absolute Gasteiger partial charge is 0.478 e. The molecule has 3 N–H and O–H groups in total. The number of hydrogen-bond donors (Lipinski definition) is 3. The number of aliphatic carboxylic acids is 1. The zero-order valence-electron chi connectivity index (χ0n) is 6.32. The van der Waals surface area contributed by atoms with Gasteiger partial charge >= 0.3 is 5.97 Å². The van der Waals surface area contributed by atoms with E-state index in [2.05, 4.69) is 19.2 Å². The number of hydrogen-bond acceptors (Lipinski definition) is 4. The van der Waals surface area contributed by atoms with E-state index in [1.807, 2.05) is 0 Å². The van der Waals surface area contributed by atoms with Crippen molar-refractivity contribution in [1.29, 1.82) is 0 Å². The van der Waals surface area contributed by atoms with Gasteiger partial charge in [0.1, 0.15) is 0 Å². The van der Waals surface area contributed by atoms with Gasteiger partial charge < -0.3 is 10.0 Å². The van der Waals surface area contributed by atoms with Crippen LogP contribution in [0.3, 0.4) is 0 Å². The summed E-state index contributed by atoms with van der Waals surface area (Å²) in [5.41, 5.74) is 4.02. The Labute approximate surface area is 71.1 Å². The van der Waals surface area contributed by atoms with Gasteiger partial charge in [0.25, 0.3) is 0 Å². The van der Waals surface area contributed by atoms with E-state index in [9.17, 15) is 4.79 Å². The van der Waals surface area contributed by atoms with Gasteiger partial charge in [-0.15, -0.1) is 0 Å². The van der Waals surface area contributed by atoms with Gasteiger partial charge in [-0.1, -0.05) is 6.58 Å². The van der Waals surface area contributed by atoms with Crippen molar-refractivity contribution < 1.29 is 9.90 Å². The Hall–Kier alpha value is -0.680. The molecule has 0 radical (unpaired) electrons. The second-order valence-electron chi connectivity index (χ2n) is 2.18. The number of rotatable bonds is 4. The molecule has 0 aliphatic rings. The lowest BCUT2D eigenvalue weighted by Crippen LogP contribution is -2.59. The molecule has 0 fully saturated rings. The average molecular weight is 176 g/mol. The van der Waals surface area contributed by atoms with Crippen LogP contribution in [0.25, 0.3) is 0 Å². The van der Waals surface area contributed by atoms with Gasteiger partial charge in [-0.25, -0.2) is 4.79 Å². The number of nitrogens with zero attached hydrogens (tertiary/aromatic N) is 1. The first kappa shape index (κ1) is 10.3. The Bertz CT molecular complexity index is 174. The molecule has 4 nitrogen and oxygen atoms in total. The maximum Gasteiger partial charge on any atom is 0.345 e. The highest BCUT2D eigenvalue weighted by molar-refractivity contribution is 7.80. The minimum atomic E-state index is -1.45. The van der Waals surface area contributed by atoms with E-state index >= 15 is 0 Å². The lowest BCUT2D eigenvalue weighted by Gasteiger charge is -2.31. The maximum atomic E-state index is 10.6. The van der Waals surface area contributed by atoms with Crippen LogP contribution in [-0.2, 0) is 4.79 Å². The van der Waals surface area contributed by atoms with Gasteiger partial charge in [0.15, 0.2) is 5.66 Å². The Morgan fingerprint density at radius 3 is 2.55 bits per heavy atom. The highest BCUT2D eigenvalue weighted by Crippen LogP contribution is 2.08. The van der Waals surface area contributed by atoms with E-state index in [1.165, 1.54) is 18.1 Å². The first-order valence-corrected chi connectivity index (χ1v) is 3.61. The summed E-state index contributed by atoms with van der Waals surface area (Å²) in [6, 6.07) is 0. The van der Waals surface area contributed by atoms with Gasteiger partial charge in [0, 0.05) is 12.8 Å². The number of carboxylic acid groups (broad SMARTS) is 1. The fourth-order valence-corrected chi connectivity index (χ4v) is 0.851. The third-order valence-corrected chi connectivity index (χ3v) is 2.00. The van der Waals surface area contributed by atoms with Crippen LogP contribution in [0, 0.1) is 0 Å². The van der Waals surface area contributed by atoms with Crippen molar-refractivity contribution in [1.82, 2.24) is 4.90 Å². The number of likely N-dealkylation sites (N-methyl/N-ethyl adjacent to an activating group) is 1. The molecule has 0 saturated carbocycles. The van der Waals surface area contributed by atoms with Gasteiger partial charge in [0.05, 0.1) is 0 Å². The molecule has 0 aliphatic heterocycles. The lowest BCUT2D eigenvalue weighted by atomic mass is 10.2. The van der Waals surface area contributed by atoms with E-state index in [1.54, 1.807) is 0 Å². The van der Waals surface area contributed by atoms with Crippen molar-refractivity contribution in [3.05, 3.63) is 12.8 Å². The fraction of sp³-hybridized carbons (Fsp3) is 0.500. The van der Waals surface area contributed by atoms with Crippen LogP contribution in [0.4, 0.5) is 0 Å². The molecule has 0 aromatic carbocycles. The van der Waals surface area contributed by atoms with Crippen molar-refractivity contribution in [2.75, 3.05) is 12.8 Å². The van der Waals surface area contributed by atoms with E-state index in [0.29, 0.717) is 0 Å². The molecule has 0 bridgehead atoms. The van der Waals surface area contributed by atoms with Crippen LogP contribution in [-0.4, -0.2) is 34.4 Å². The number of carbonyl (C=O) groups is 1. The Morgan fingerprint density at radius 2 is 2.45 bits per heavy atom. The highest BCUT2D eigenvalue weighted by Gasteiger charge is 2.35. The SMILES string of the molecule is C=CN(C)[C@@](N)(CS)C(=O)O. The quantitative estimate of drug-likeness (QED) is 0.407. The number of nitrogens with two attached hydrogens (primary N) is 1. The summed E-state index contributed by atoms with van der Waals surface area (Å²) >= 11 is 3.84. The predicted molar refractivity (Wildman–Crippen MR) is 46.4 cm³/mol. The lowest BCUT2D eigenvalue weighted by molar-refractivity contribution is -0.147. The average Bonchev–Trinajstić information content (AvgIpc) is 2.01. The smallest absolute Gasteiger partial charge is 0.345 e. The number of thiol groups is 1. The molecular weight excluding hydrogens is 164 g/mol. The zero-order chi connectivity index (χ0) is 9.07. The molecule has 0 rings (SSSR count).